The first kappa shape index (κ1) is 38.1. The van der Waals surface area contributed by atoms with Gasteiger partial charge in [-0.15, -0.1) is 0 Å². The predicted octanol–water partition coefficient (Wildman–Crippen LogP) is 5.08. The van der Waals surface area contributed by atoms with Crippen molar-refractivity contribution in [1.82, 2.24) is 19.2 Å². The summed E-state index contributed by atoms with van der Waals surface area (Å²) < 4.78 is 40.2. The summed E-state index contributed by atoms with van der Waals surface area (Å²) in [4.78, 5) is 45.7. The number of unbranched alkanes of at least 4 members (excludes halogenated alkanes) is 3. The van der Waals surface area contributed by atoms with E-state index in [-0.39, 0.29) is 36.8 Å². The molecule has 2 aromatic carbocycles. The van der Waals surface area contributed by atoms with Gasteiger partial charge in [0.1, 0.15) is 29.5 Å². The van der Waals surface area contributed by atoms with E-state index in [9.17, 15) is 22.8 Å². The summed E-state index contributed by atoms with van der Waals surface area (Å²) >= 11 is 0. The molecule has 3 fully saturated rings. The van der Waals surface area contributed by atoms with Gasteiger partial charge in [-0.25, -0.2) is 8.42 Å². The van der Waals surface area contributed by atoms with Gasteiger partial charge in [-0.05, 0) is 89.5 Å². The van der Waals surface area contributed by atoms with Crippen LogP contribution in [0.4, 0.5) is 5.69 Å². The Bertz CT molecular complexity index is 1940. The molecule has 4 N–H and O–H groups in total. The number of nitrogens with two attached hydrogens (primary N) is 1. The normalized spacial score (nSPS) is 22.5. The molecule has 3 amide bonds. The van der Waals surface area contributed by atoms with Crippen LogP contribution in [0.3, 0.4) is 0 Å². The first-order valence-electron chi connectivity index (χ1n) is 18.7. The summed E-state index contributed by atoms with van der Waals surface area (Å²) in [6.07, 6.45) is 9.56. The van der Waals surface area contributed by atoms with Gasteiger partial charge in [0.2, 0.25) is 27.7 Å². The number of likely N-dealkylation sites (tertiary alicyclic amines) is 1. The number of carbonyl (C=O) groups is 3. The van der Waals surface area contributed by atoms with E-state index in [0.717, 1.165) is 36.9 Å². The van der Waals surface area contributed by atoms with Crippen LogP contribution in [0.5, 0.6) is 11.8 Å². The van der Waals surface area contributed by atoms with Crippen LogP contribution in [-0.4, -0.2) is 77.2 Å². The van der Waals surface area contributed by atoms with Crippen LogP contribution in [0.1, 0.15) is 84.6 Å². The minimum Gasteiger partial charge on any atom is -0.494 e. The van der Waals surface area contributed by atoms with Crippen molar-refractivity contribution in [2.45, 2.75) is 108 Å². The first-order chi connectivity index (χ1) is 25.3. The lowest BCUT2D eigenvalue weighted by Gasteiger charge is -2.28. The Kier molecular flexibility index (Phi) is 11.4. The number of nitrogens with one attached hydrogen (secondary N) is 2. The Balaban J connectivity index is 1.04. The molecule has 53 heavy (non-hydrogen) atoms. The molecule has 3 aliphatic rings. The fourth-order valence-electron chi connectivity index (χ4n) is 7.12. The lowest BCUT2D eigenvalue weighted by molar-refractivity contribution is -0.138. The van der Waals surface area contributed by atoms with Crippen molar-refractivity contribution in [2.24, 2.45) is 17.6 Å². The zero-order valence-electron chi connectivity index (χ0n) is 31.0. The van der Waals surface area contributed by atoms with Crippen molar-refractivity contribution in [3.8, 4) is 11.8 Å². The maximum atomic E-state index is 14.2. The minimum absolute atomic E-state index is 0.0295. The number of nitrogens with zero attached hydrogens (tertiary/aromatic N) is 3. The number of para-hydroxylation sites is 2. The standard InChI is InChI=1S/C39H52N6O7S/c1-25(2)45-31-18-13-19-33(51-4)34(31)42-38(45)52-28-23-32(35(40)46)44(24-28)37(48)30(41-27-15-10-8-11-16-27)17-12-7-5-6-9-14-26-22-29(26)36(47)43-53(49,50)39(3)20-21-39/h8-11,13-16,18-19,25-26,28-30,32,41H,5-7,12,17,20-24H2,1-4H3,(H2,40,46)(H,43,47). The molecule has 6 rings (SSSR count). The van der Waals surface area contributed by atoms with Crippen molar-refractivity contribution in [2.75, 3.05) is 19.0 Å². The third-order valence-electron chi connectivity index (χ3n) is 10.7. The maximum Gasteiger partial charge on any atom is 0.298 e. The van der Waals surface area contributed by atoms with Gasteiger partial charge in [-0.3, -0.25) is 23.7 Å². The van der Waals surface area contributed by atoms with E-state index >= 15 is 0 Å². The van der Waals surface area contributed by atoms with Gasteiger partial charge in [0, 0.05) is 24.1 Å². The highest BCUT2D eigenvalue weighted by Crippen LogP contribution is 2.44. The fourth-order valence-corrected chi connectivity index (χ4v) is 8.42. The zero-order valence-corrected chi connectivity index (χ0v) is 31.8. The molecule has 5 unspecified atom stereocenters. The van der Waals surface area contributed by atoms with E-state index in [2.05, 4.69) is 16.1 Å². The van der Waals surface area contributed by atoms with Crippen LogP contribution in [0.25, 0.3) is 11.0 Å². The van der Waals surface area contributed by atoms with Crippen molar-refractivity contribution in [3.05, 3.63) is 60.7 Å². The Morgan fingerprint density at radius 2 is 1.81 bits per heavy atom. The van der Waals surface area contributed by atoms with Crippen molar-refractivity contribution < 1.29 is 32.3 Å². The van der Waals surface area contributed by atoms with Gasteiger partial charge in [0.05, 0.1) is 23.9 Å². The fraction of sp³-hybridized carbons (Fsp3) is 0.538. The molecule has 2 heterocycles. The summed E-state index contributed by atoms with van der Waals surface area (Å²) in [5.41, 5.74) is 8.22. The van der Waals surface area contributed by atoms with Crippen LogP contribution < -0.4 is 25.2 Å². The number of hydrogen-bond acceptors (Lipinski definition) is 9. The second kappa shape index (κ2) is 15.8. The SMILES string of the molecule is COc1cccc2c1nc(OC1CC(C(N)=O)N(C(=O)C(CCCCCC=CC3CC3C(=O)NS(=O)(=O)C3(C)CC3)Nc3ccccc3)C1)n2C(C)C. The molecule has 2 aliphatic carbocycles. The number of imidazole rings is 1. The summed E-state index contributed by atoms with van der Waals surface area (Å²) in [5, 5.41) is 3.39. The number of amides is 3. The third-order valence-corrected chi connectivity index (χ3v) is 12.9. The van der Waals surface area contributed by atoms with Crippen molar-refractivity contribution in [1.29, 1.82) is 0 Å². The lowest BCUT2D eigenvalue weighted by Crippen LogP contribution is -2.49. The molecule has 1 saturated heterocycles. The minimum atomic E-state index is -3.62. The van der Waals surface area contributed by atoms with Gasteiger partial charge < -0.3 is 25.4 Å². The summed E-state index contributed by atoms with van der Waals surface area (Å²) in [7, 11) is -2.02. The number of carbonyl (C=O) groups excluding carboxylic acids is 3. The molecule has 5 atom stereocenters. The predicted molar refractivity (Wildman–Crippen MR) is 203 cm³/mol. The van der Waals surface area contributed by atoms with Gasteiger partial charge in [-0.2, -0.15) is 4.98 Å². The topological polar surface area (TPSA) is 175 Å². The van der Waals surface area contributed by atoms with Gasteiger partial charge in [-0.1, -0.05) is 49.3 Å². The lowest BCUT2D eigenvalue weighted by atomic mass is 10.0. The quantitative estimate of drug-likeness (QED) is 0.118. The summed E-state index contributed by atoms with van der Waals surface area (Å²) in [6.45, 7) is 5.93. The highest BCUT2D eigenvalue weighted by Gasteiger charge is 2.52. The zero-order chi connectivity index (χ0) is 37.9. The number of rotatable bonds is 18. The molecule has 0 radical (unpaired) electrons. The van der Waals surface area contributed by atoms with Gasteiger partial charge >= 0.3 is 0 Å². The highest BCUT2D eigenvalue weighted by molar-refractivity contribution is 7.91. The van der Waals surface area contributed by atoms with E-state index < -0.39 is 44.8 Å². The van der Waals surface area contributed by atoms with E-state index in [0.29, 0.717) is 43.0 Å². The second-order valence-electron chi connectivity index (χ2n) is 15.1. The highest BCUT2D eigenvalue weighted by atomic mass is 32.2. The Morgan fingerprint density at radius 3 is 2.49 bits per heavy atom. The van der Waals surface area contributed by atoms with E-state index in [4.69, 9.17) is 20.2 Å². The third kappa shape index (κ3) is 8.63. The Morgan fingerprint density at radius 1 is 1.06 bits per heavy atom. The molecule has 3 aromatic rings. The Hall–Kier alpha value is -4.59. The molecule has 1 aliphatic heterocycles. The van der Waals surface area contributed by atoms with Crippen LogP contribution >= 0.6 is 0 Å². The molecule has 1 aromatic heterocycles. The van der Waals surface area contributed by atoms with E-state index in [1.165, 1.54) is 0 Å². The number of benzene rings is 2. The smallest absolute Gasteiger partial charge is 0.298 e. The monoisotopic (exact) mass is 748 g/mol. The average Bonchev–Trinajstić information content (AvgIpc) is 4.00. The summed E-state index contributed by atoms with van der Waals surface area (Å²) in [6, 6.07) is 14.2. The average molecular weight is 749 g/mol. The molecule has 286 valence electrons. The Labute approximate surface area is 311 Å². The number of methoxy groups -OCH3 is 1. The van der Waals surface area contributed by atoms with Crippen molar-refractivity contribution in [3.63, 3.8) is 0 Å². The number of fused-ring (bicyclic) bond motifs is 1. The number of aromatic nitrogens is 2. The molecule has 13 nitrogen and oxygen atoms in total. The molecule has 0 bridgehead atoms. The van der Waals surface area contributed by atoms with Gasteiger partial charge in [0.15, 0.2) is 0 Å². The molecule has 2 saturated carbocycles. The molecular weight excluding hydrogens is 697 g/mol. The van der Waals surface area contributed by atoms with Crippen LogP contribution in [0.15, 0.2) is 60.7 Å². The van der Waals surface area contributed by atoms with Crippen LogP contribution in [0, 0.1) is 11.8 Å². The van der Waals surface area contributed by atoms with Crippen molar-refractivity contribution >= 4 is 44.5 Å². The maximum absolute atomic E-state index is 14.2. The largest absolute Gasteiger partial charge is 0.494 e. The molecule has 14 heteroatoms. The number of anilines is 1. The second-order valence-corrected chi connectivity index (χ2v) is 17.3. The van der Waals surface area contributed by atoms with Crippen LogP contribution in [0.2, 0.25) is 0 Å². The number of ether oxygens (including phenoxy) is 2. The molecular formula is C39H52N6O7S. The summed E-state index contributed by atoms with van der Waals surface area (Å²) in [5.74, 6) is -0.793. The number of primary amides is 1. The molecule has 0 spiro atoms. The van der Waals surface area contributed by atoms with Gasteiger partial charge in [0.25, 0.3) is 6.01 Å². The first-order valence-corrected chi connectivity index (χ1v) is 20.2. The number of hydrogen-bond donors (Lipinski definition) is 3. The van der Waals surface area contributed by atoms with Crippen LogP contribution in [-0.2, 0) is 24.4 Å². The van der Waals surface area contributed by atoms with E-state index in [1.54, 1.807) is 18.9 Å². The number of sulfonamides is 1. The number of allylic oxidation sites excluding steroid dienone is 2. The van der Waals surface area contributed by atoms with E-state index in [1.807, 2.05) is 73.0 Å².